The number of hydrogen-bond donors (Lipinski definition) is 2. The van der Waals surface area contributed by atoms with Crippen molar-refractivity contribution in [1.29, 1.82) is 0 Å². The Labute approximate surface area is 236 Å². The van der Waals surface area contributed by atoms with E-state index in [1.54, 1.807) is 34.1 Å². The SMILES string of the molecule is CC[C@H](C)[C@H](NC(=O)c1cc2ccccc2[nH]1)C(=O)N1C[C@@H]2C[C@H]1CN2C(=O)c1ncc(-c2ccccc2F)cn1. The molecule has 2 saturated heterocycles. The van der Waals surface area contributed by atoms with E-state index in [1.165, 1.54) is 18.5 Å². The zero-order chi connectivity index (χ0) is 28.7. The highest BCUT2D eigenvalue weighted by atomic mass is 19.1. The Kier molecular flexibility index (Phi) is 6.98. The van der Waals surface area contributed by atoms with Crippen LogP contribution in [0.15, 0.2) is 67.0 Å². The molecule has 0 saturated carbocycles. The largest absolute Gasteiger partial charge is 0.351 e. The van der Waals surface area contributed by atoms with Gasteiger partial charge in [0, 0.05) is 47.5 Å². The molecule has 41 heavy (non-hydrogen) atoms. The van der Waals surface area contributed by atoms with Crippen molar-refractivity contribution < 1.29 is 18.8 Å². The standard InChI is InChI=1S/C31H31FN6O3/c1-3-18(2)27(36-29(39)26-12-19-8-4-7-11-25(19)35-26)30(40)37-16-22-13-21(37)17-38(22)31(41)28-33-14-20(15-34-28)23-9-5-6-10-24(23)32/h4-12,14-15,18,21-22,27,35H,3,13,16-17H2,1-2H3,(H,36,39)/t18-,21-,22-,27-/m0/s1. The van der Waals surface area contributed by atoms with Crippen molar-refractivity contribution in [2.45, 2.75) is 44.8 Å². The van der Waals surface area contributed by atoms with Crippen LogP contribution in [-0.2, 0) is 4.79 Å². The Bertz CT molecular complexity index is 1590. The Hall–Kier alpha value is -4.60. The Balaban J connectivity index is 1.12. The van der Waals surface area contributed by atoms with Crippen LogP contribution in [0.2, 0.25) is 0 Å². The van der Waals surface area contributed by atoms with Crippen LogP contribution in [0.4, 0.5) is 4.39 Å². The summed E-state index contributed by atoms with van der Waals surface area (Å²) in [4.78, 5) is 55.3. The van der Waals surface area contributed by atoms with E-state index in [4.69, 9.17) is 0 Å². The summed E-state index contributed by atoms with van der Waals surface area (Å²) in [6, 6.07) is 14.8. The lowest BCUT2D eigenvalue weighted by atomic mass is 9.97. The van der Waals surface area contributed by atoms with Crippen molar-refractivity contribution in [1.82, 2.24) is 30.1 Å². The number of H-pyrrole nitrogens is 1. The highest BCUT2D eigenvalue weighted by Crippen LogP contribution is 2.33. The first-order valence-electron chi connectivity index (χ1n) is 13.9. The van der Waals surface area contributed by atoms with Crippen molar-refractivity contribution in [3.63, 3.8) is 0 Å². The van der Waals surface area contributed by atoms with Crippen LogP contribution >= 0.6 is 0 Å². The molecule has 2 bridgehead atoms. The quantitative estimate of drug-likeness (QED) is 0.358. The average Bonchev–Trinajstić information content (AvgIpc) is 3.74. The van der Waals surface area contributed by atoms with Crippen LogP contribution in [0.5, 0.6) is 0 Å². The van der Waals surface area contributed by atoms with Crippen LogP contribution in [0.3, 0.4) is 0 Å². The van der Waals surface area contributed by atoms with Gasteiger partial charge >= 0.3 is 0 Å². The Morgan fingerprint density at radius 1 is 1.02 bits per heavy atom. The minimum Gasteiger partial charge on any atom is -0.351 e. The molecule has 2 aliphatic rings. The summed E-state index contributed by atoms with van der Waals surface area (Å²) < 4.78 is 14.1. The summed E-state index contributed by atoms with van der Waals surface area (Å²) in [6.45, 7) is 4.71. The van der Waals surface area contributed by atoms with E-state index in [2.05, 4.69) is 20.3 Å². The highest BCUT2D eigenvalue weighted by molar-refractivity contribution is 6.00. The fraction of sp³-hybridized carbons (Fsp3) is 0.323. The number of hydrogen-bond acceptors (Lipinski definition) is 5. The molecule has 9 nitrogen and oxygen atoms in total. The van der Waals surface area contributed by atoms with Gasteiger partial charge < -0.3 is 20.1 Å². The van der Waals surface area contributed by atoms with Crippen molar-refractivity contribution in [2.75, 3.05) is 13.1 Å². The molecule has 0 unspecified atom stereocenters. The number of piperazine rings is 1. The molecule has 6 rings (SSSR count). The number of carbonyl (C=O) groups is 3. The van der Waals surface area contributed by atoms with Gasteiger partial charge in [0.15, 0.2) is 0 Å². The predicted octanol–water partition coefficient (Wildman–Crippen LogP) is 4.03. The lowest BCUT2D eigenvalue weighted by Gasteiger charge is -2.37. The number of nitrogens with zero attached hydrogens (tertiary/aromatic N) is 4. The van der Waals surface area contributed by atoms with Gasteiger partial charge in [-0.1, -0.05) is 56.7 Å². The van der Waals surface area contributed by atoms with Gasteiger partial charge in [-0.25, -0.2) is 14.4 Å². The second-order valence-electron chi connectivity index (χ2n) is 10.9. The fourth-order valence-corrected chi connectivity index (χ4v) is 5.86. The molecule has 210 valence electrons. The second kappa shape index (κ2) is 10.8. The summed E-state index contributed by atoms with van der Waals surface area (Å²) in [5.41, 5.74) is 2.13. The summed E-state index contributed by atoms with van der Waals surface area (Å²) in [7, 11) is 0. The highest BCUT2D eigenvalue weighted by Gasteiger charge is 2.49. The molecule has 2 aromatic carbocycles. The number of aromatic nitrogens is 3. The number of benzene rings is 2. The summed E-state index contributed by atoms with van der Waals surface area (Å²) >= 11 is 0. The average molecular weight is 555 g/mol. The molecule has 2 fully saturated rings. The molecule has 3 amide bonds. The molecule has 0 radical (unpaired) electrons. The lowest BCUT2D eigenvalue weighted by Crippen LogP contribution is -2.57. The van der Waals surface area contributed by atoms with Gasteiger partial charge in [0.1, 0.15) is 17.6 Å². The lowest BCUT2D eigenvalue weighted by molar-refractivity contribution is -0.136. The number of amides is 3. The zero-order valence-corrected chi connectivity index (χ0v) is 22.9. The normalized spacial score (nSPS) is 19.4. The monoisotopic (exact) mass is 554 g/mol. The van der Waals surface area contributed by atoms with Crippen molar-refractivity contribution in [3.8, 4) is 11.1 Å². The van der Waals surface area contributed by atoms with E-state index in [9.17, 15) is 18.8 Å². The first-order chi connectivity index (χ1) is 19.8. The molecule has 0 aliphatic carbocycles. The minimum atomic E-state index is -0.684. The maximum absolute atomic E-state index is 14.1. The molecule has 2 N–H and O–H groups in total. The molecule has 0 spiro atoms. The number of rotatable bonds is 7. The number of aromatic amines is 1. The van der Waals surface area contributed by atoms with E-state index in [0.717, 1.165) is 17.3 Å². The molecule has 2 aliphatic heterocycles. The predicted molar refractivity (Wildman–Crippen MR) is 151 cm³/mol. The van der Waals surface area contributed by atoms with E-state index >= 15 is 0 Å². The third-order valence-electron chi connectivity index (χ3n) is 8.35. The zero-order valence-electron chi connectivity index (χ0n) is 22.9. The van der Waals surface area contributed by atoms with Crippen LogP contribution in [-0.4, -0.2) is 73.7 Å². The van der Waals surface area contributed by atoms with E-state index in [1.807, 2.05) is 38.1 Å². The van der Waals surface area contributed by atoms with Gasteiger partial charge in [-0.2, -0.15) is 0 Å². The van der Waals surface area contributed by atoms with Crippen molar-refractivity contribution in [2.24, 2.45) is 5.92 Å². The molecule has 10 heteroatoms. The van der Waals surface area contributed by atoms with E-state index in [0.29, 0.717) is 36.3 Å². The number of halogens is 1. The summed E-state index contributed by atoms with van der Waals surface area (Å²) in [6.07, 6.45) is 4.29. The number of para-hydroxylation sites is 1. The maximum Gasteiger partial charge on any atom is 0.292 e. The third-order valence-corrected chi connectivity index (χ3v) is 8.35. The van der Waals surface area contributed by atoms with Crippen molar-refractivity contribution >= 4 is 28.6 Å². The smallest absolute Gasteiger partial charge is 0.292 e. The molecular formula is C31H31FN6O3. The minimum absolute atomic E-state index is 0.0404. The van der Waals surface area contributed by atoms with E-state index < -0.39 is 6.04 Å². The molecular weight excluding hydrogens is 523 g/mol. The van der Waals surface area contributed by atoms with Crippen LogP contribution in [0.25, 0.3) is 22.0 Å². The number of likely N-dealkylation sites (tertiary alicyclic amines) is 2. The number of nitrogens with one attached hydrogen (secondary N) is 2. The van der Waals surface area contributed by atoms with Gasteiger partial charge in [0.25, 0.3) is 11.8 Å². The van der Waals surface area contributed by atoms with Gasteiger partial charge in [-0.15, -0.1) is 0 Å². The first-order valence-corrected chi connectivity index (χ1v) is 13.9. The van der Waals surface area contributed by atoms with Gasteiger partial charge in [-0.05, 0) is 30.5 Å². The first kappa shape index (κ1) is 26.6. The Morgan fingerprint density at radius 2 is 1.71 bits per heavy atom. The van der Waals surface area contributed by atoms with Gasteiger partial charge in [0.2, 0.25) is 11.7 Å². The van der Waals surface area contributed by atoms with Crippen LogP contribution in [0.1, 0.15) is 47.8 Å². The third kappa shape index (κ3) is 4.94. The van der Waals surface area contributed by atoms with Crippen molar-refractivity contribution in [3.05, 3.63) is 84.3 Å². The van der Waals surface area contributed by atoms with Crippen LogP contribution < -0.4 is 5.32 Å². The molecule has 4 atom stereocenters. The second-order valence-corrected chi connectivity index (χ2v) is 10.9. The molecule has 4 aromatic rings. The number of carbonyl (C=O) groups excluding carboxylic acids is 3. The van der Waals surface area contributed by atoms with Gasteiger partial charge in [-0.3, -0.25) is 14.4 Å². The molecule has 2 aromatic heterocycles. The Morgan fingerprint density at radius 3 is 2.39 bits per heavy atom. The van der Waals surface area contributed by atoms with Crippen LogP contribution in [0, 0.1) is 11.7 Å². The fourth-order valence-electron chi connectivity index (χ4n) is 5.86. The topological polar surface area (TPSA) is 111 Å². The maximum atomic E-state index is 14.1. The summed E-state index contributed by atoms with van der Waals surface area (Å²) in [5.74, 6) is -1.18. The molecule has 4 heterocycles. The number of fused-ring (bicyclic) bond motifs is 3. The van der Waals surface area contributed by atoms with E-state index in [-0.39, 0.29) is 47.4 Å². The van der Waals surface area contributed by atoms with Gasteiger partial charge in [0.05, 0.1) is 12.1 Å². The summed E-state index contributed by atoms with van der Waals surface area (Å²) in [5, 5.41) is 3.90.